The van der Waals surface area contributed by atoms with Crippen molar-refractivity contribution in [1.29, 1.82) is 0 Å². The highest BCUT2D eigenvalue weighted by molar-refractivity contribution is 5.73. The zero-order chi connectivity index (χ0) is 13.2. The Labute approximate surface area is 111 Å². The second-order valence-corrected chi connectivity index (χ2v) is 4.67. The van der Waals surface area contributed by atoms with Crippen LogP contribution in [-0.4, -0.2) is 47.0 Å². The fourth-order valence-electron chi connectivity index (χ4n) is 2.32. The largest absolute Gasteiger partial charge is 0.422 e. The summed E-state index contributed by atoms with van der Waals surface area (Å²) in [6.45, 7) is 4.70. The first-order valence-electron chi connectivity index (χ1n) is 6.46. The molecule has 0 N–H and O–H groups in total. The minimum absolute atomic E-state index is 0.126. The second kappa shape index (κ2) is 4.87. The van der Waals surface area contributed by atoms with E-state index in [9.17, 15) is 4.79 Å². The van der Waals surface area contributed by atoms with E-state index in [2.05, 4.69) is 14.9 Å². The number of oxazole rings is 1. The van der Waals surface area contributed by atoms with E-state index in [-0.39, 0.29) is 5.91 Å². The maximum absolute atomic E-state index is 11.4. The minimum Gasteiger partial charge on any atom is -0.422 e. The highest BCUT2D eigenvalue weighted by atomic mass is 16.4. The van der Waals surface area contributed by atoms with Crippen LogP contribution in [0.25, 0.3) is 11.2 Å². The van der Waals surface area contributed by atoms with Crippen LogP contribution in [0.3, 0.4) is 0 Å². The van der Waals surface area contributed by atoms with Crippen molar-refractivity contribution >= 4 is 23.2 Å². The Morgan fingerprint density at radius 3 is 3.00 bits per heavy atom. The fourth-order valence-corrected chi connectivity index (χ4v) is 2.32. The van der Waals surface area contributed by atoms with Crippen LogP contribution in [0.15, 0.2) is 22.7 Å². The molecule has 6 nitrogen and oxygen atoms in total. The molecule has 3 rings (SSSR count). The van der Waals surface area contributed by atoms with E-state index in [1.54, 1.807) is 13.1 Å². The molecule has 2 aromatic rings. The number of hydrogen-bond donors (Lipinski definition) is 0. The topological polar surface area (TPSA) is 62.5 Å². The van der Waals surface area contributed by atoms with E-state index < -0.39 is 0 Å². The summed E-state index contributed by atoms with van der Waals surface area (Å²) in [7, 11) is 0. The van der Waals surface area contributed by atoms with Crippen LogP contribution >= 0.6 is 0 Å². The third-order valence-corrected chi connectivity index (χ3v) is 3.37. The molecule has 1 aliphatic rings. The summed E-state index contributed by atoms with van der Waals surface area (Å²) < 4.78 is 5.71. The van der Waals surface area contributed by atoms with Crippen LogP contribution in [-0.2, 0) is 4.79 Å². The van der Waals surface area contributed by atoms with E-state index in [1.165, 1.54) is 0 Å². The van der Waals surface area contributed by atoms with Crippen molar-refractivity contribution in [1.82, 2.24) is 14.9 Å². The SMILES string of the molecule is CC(=O)N1CCCN(c2nc3ncccc3o2)CC1. The van der Waals surface area contributed by atoms with E-state index in [1.807, 2.05) is 17.0 Å². The maximum Gasteiger partial charge on any atom is 0.300 e. The van der Waals surface area contributed by atoms with Crippen molar-refractivity contribution in [2.45, 2.75) is 13.3 Å². The quantitative estimate of drug-likeness (QED) is 0.773. The highest BCUT2D eigenvalue weighted by Gasteiger charge is 2.20. The van der Waals surface area contributed by atoms with Crippen molar-refractivity contribution in [2.24, 2.45) is 0 Å². The van der Waals surface area contributed by atoms with Gasteiger partial charge in [-0.15, -0.1) is 0 Å². The van der Waals surface area contributed by atoms with Gasteiger partial charge < -0.3 is 14.2 Å². The van der Waals surface area contributed by atoms with Crippen LogP contribution in [0.2, 0.25) is 0 Å². The van der Waals surface area contributed by atoms with Gasteiger partial charge in [0.2, 0.25) is 11.6 Å². The number of aromatic nitrogens is 2. The molecule has 0 spiro atoms. The predicted octanol–water partition coefficient (Wildman–Crippen LogP) is 1.28. The third kappa shape index (κ3) is 2.38. The Morgan fingerprint density at radius 1 is 1.32 bits per heavy atom. The lowest BCUT2D eigenvalue weighted by Gasteiger charge is -2.19. The molecule has 1 aliphatic heterocycles. The van der Waals surface area contributed by atoms with Crippen molar-refractivity contribution in [3.63, 3.8) is 0 Å². The monoisotopic (exact) mass is 260 g/mol. The maximum atomic E-state index is 11.4. The van der Waals surface area contributed by atoms with Crippen LogP contribution in [0.1, 0.15) is 13.3 Å². The molecule has 1 saturated heterocycles. The first kappa shape index (κ1) is 12.0. The molecule has 0 bridgehead atoms. The third-order valence-electron chi connectivity index (χ3n) is 3.37. The minimum atomic E-state index is 0.126. The molecule has 0 aliphatic carbocycles. The first-order valence-corrected chi connectivity index (χ1v) is 6.46. The van der Waals surface area contributed by atoms with E-state index in [4.69, 9.17) is 4.42 Å². The summed E-state index contributed by atoms with van der Waals surface area (Å²) in [4.78, 5) is 23.9. The average Bonchev–Trinajstić information content (AvgIpc) is 2.67. The molecular weight excluding hydrogens is 244 g/mol. The number of rotatable bonds is 1. The predicted molar refractivity (Wildman–Crippen MR) is 70.9 cm³/mol. The molecule has 1 amide bonds. The molecular formula is C13H16N4O2. The van der Waals surface area contributed by atoms with Gasteiger partial charge in [-0.3, -0.25) is 4.79 Å². The van der Waals surface area contributed by atoms with Crippen LogP contribution < -0.4 is 4.90 Å². The summed E-state index contributed by atoms with van der Waals surface area (Å²) in [6.07, 6.45) is 2.63. The number of nitrogens with zero attached hydrogens (tertiary/aromatic N) is 4. The lowest BCUT2D eigenvalue weighted by Crippen LogP contribution is -2.33. The van der Waals surface area contributed by atoms with Crippen molar-refractivity contribution in [3.8, 4) is 0 Å². The number of anilines is 1. The molecule has 100 valence electrons. The first-order chi connectivity index (χ1) is 9.24. The number of hydrogen-bond acceptors (Lipinski definition) is 5. The Kier molecular flexibility index (Phi) is 3.06. The van der Waals surface area contributed by atoms with Gasteiger partial charge >= 0.3 is 0 Å². The normalized spacial score (nSPS) is 16.7. The number of pyridine rings is 1. The summed E-state index contributed by atoms with van der Waals surface area (Å²) in [5.41, 5.74) is 1.33. The van der Waals surface area contributed by atoms with Gasteiger partial charge in [0.15, 0.2) is 5.58 Å². The Balaban J connectivity index is 1.80. The van der Waals surface area contributed by atoms with Gasteiger partial charge in [-0.05, 0) is 18.6 Å². The van der Waals surface area contributed by atoms with Crippen LogP contribution in [0, 0.1) is 0 Å². The number of carbonyl (C=O) groups is 1. The Hall–Kier alpha value is -2.11. The molecule has 6 heteroatoms. The summed E-state index contributed by atoms with van der Waals surface area (Å²) in [5, 5.41) is 0. The van der Waals surface area contributed by atoms with Gasteiger partial charge in [-0.2, -0.15) is 4.98 Å². The van der Waals surface area contributed by atoms with Gasteiger partial charge in [-0.1, -0.05) is 0 Å². The van der Waals surface area contributed by atoms with Gasteiger partial charge in [-0.25, -0.2) is 4.98 Å². The molecule has 0 aromatic carbocycles. The molecule has 2 aromatic heterocycles. The summed E-state index contributed by atoms with van der Waals surface area (Å²) >= 11 is 0. The number of carbonyl (C=O) groups excluding carboxylic acids is 1. The molecule has 0 atom stereocenters. The van der Waals surface area contributed by atoms with E-state index >= 15 is 0 Å². The smallest absolute Gasteiger partial charge is 0.300 e. The van der Waals surface area contributed by atoms with E-state index in [0.29, 0.717) is 23.8 Å². The number of fused-ring (bicyclic) bond motifs is 1. The second-order valence-electron chi connectivity index (χ2n) is 4.67. The van der Waals surface area contributed by atoms with Gasteiger partial charge in [0.05, 0.1) is 0 Å². The van der Waals surface area contributed by atoms with Crippen LogP contribution in [0.4, 0.5) is 6.01 Å². The lowest BCUT2D eigenvalue weighted by atomic mass is 10.4. The summed E-state index contributed by atoms with van der Waals surface area (Å²) in [6, 6.07) is 4.29. The fraction of sp³-hybridized carbons (Fsp3) is 0.462. The van der Waals surface area contributed by atoms with Crippen molar-refractivity contribution in [2.75, 3.05) is 31.1 Å². The van der Waals surface area contributed by atoms with Crippen molar-refractivity contribution in [3.05, 3.63) is 18.3 Å². The standard InChI is InChI=1S/C13H16N4O2/c1-10(18)16-6-3-7-17(9-8-16)13-15-12-11(19-13)4-2-5-14-12/h2,4-5H,3,6-9H2,1H3. The molecule has 0 unspecified atom stereocenters. The zero-order valence-corrected chi connectivity index (χ0v) is 10.9. The Bertz CT molecular complexity index is 562. The lowest BCUT2D eigenvalue weighted by molar-refractivity contribution is -0.128. The molecule has 0 saturated carbocycles. The average molecular weight is 260 g/mol. The highest BCUT2D eigenvalue weighted by Crippen LogP contribution is 2.21. The Morgan fingerprint density at radius 2 is 2.21 bits per heavy atom. The molecule has 0 radical (unpaired) electrons. The van der Waals surface area contributed by atoms with Gasteiger partial charge in [0, 0.05) is 39.3 Å². The zero-order valence-electron chi connectivity index (χ0n) is 10.9. The molecule has 1 fully saturated rings. The van der Waals surface area contributed by atoms with Crippen LogP contribution in [0.5, 0.6) is 0 Å². The molecule has 3 heterocycles. The number of amides is 1. The van der Waals surface area contributed by atoms with E-state index in [0.717, 1.165) is 26.1 Å². The molecule has 19 heavy (non-hydrogen) atoms. The summed E-state index contributed by atoms with van der Waals surface area (Å²) in [5.74, 6) is 0.126. The van der Waals surface area contributed by atoms with Gasteiger partial charge in [0.1, 0.15) is 0 Å². The van der Waals surface area contributed by atoms with Gasteiger partial charge in [0.25, 0.3) is 6.01 Å². The van der Waals surface area contributed by atoms with Crippen molar-refractivity contribution < 1.29 is 9.21 Å².